The number of aromatic nitrogens is 2. The number of rotatable bonds is 12. The third-order valence-corrected chi connectivity index (χ3v) is 6.50. The molecule has 36 heavy (non-hydrogen) atoms. The van der Waals surface area contributed by atoms with Crippen LogP contribution in [0.3, 0.4) is 0 Å². The Hall–Kier alpha value is -3.57. The summed E-state index contributed by atoms with van der Waals surface area (Å²) in [5.74, 6) is 1.18. The predicted molar refractivity (Wildman–Crippen MR) is 139 cm³/mol. The minimum Gasteiger partial charge on any atom is -0.493 e. The van der Waals surface area contributed by atoms with Crippen LogP contribution in [0.25, 0.3) is 11.1 Å². The van der Waals surface area contributed by atoms with Crippen molar-refractivity contribution in [1.82, 2.24) is 9.97 Å². The number of benzene rings is 2. The summed E-state index contributed by atoms with van der Waals surface area (Å²) in [6, 6.07) is 10.5. The van der Waals surface area contributed by atoms with Crippen LogP contribution in [0.2, 0.25) is 0 Å². The molecule has 2 aromatic carbocycles. The molecule has 0 unspecified atom stereocenters. The van der Waals surface area contributed by atoms with Crippen molar-refractivity contribution in [2.45, 2.75) is 27.2 Å². The molecule has 0 spiro atoms. The van der Waals surface area contributed by atoms with Crippen LogP contribution in [-0.2, 0) is 16.5 Å². The molecule has 10 nitrogen and oxygen atoms in total. The zero-order valence-corrected chi connectivity index (χ0v) is 21.4. The fraction of sp³-hybridized carbons (Fsp3) is 0.360. The van der Waals surface area contributed by atoms with Crippen LogP contribution in [0.5, 0.6) is 17.2 Å². The molecule has 0 aliphatic rings. The molecule has 5 N–H and O–H groups in total. The minimum absolute atomic E-state index is 0.0665. The first-order valence-electron chi connectivity index (χ1n) is 11.5. The van der Waals surface area contributed by atoms with Crippen molar-refractivity contribution in [2.24, 2.45) is 5.92 Å². The lowest BCUT2D eigenvalue weighted by Crippen LogP contribution is -2.18. The Morgan fingerprint density at radius 2 is 1.75 bits per heavy atom. The van der Waals surface area contributed by atoms with Gasteiger partial charge >= 0.3 is 10.1 Å². The third kappa shape index (κ3) is 7.22. The number of ether oxygens (including phenoxy) is 2. The molecule has 0 bridgehead atoms. The SMILES string of the molecule is CCOc1cc(Cc2cnc(N)nc2N)cc(OS(=O)(=O)CC(C)C)c1-c1ccc(OCCO)cc1. The highest BCUT2D eigenvalue weighted by Crippen LogP contribution is 2.42. The summed E-state index contributed by atoms with van der Waals surface area (Å²) in [5.41, 5.74) is 14.1. The number of aliphatic hydroxyl groups excluding tert-OH is 1. The number of nitrogens with two attached hydrogens (primary N) is 2. The molecule has 1 heterocycles. The van der Waals surface area contributed by atoms with Crippen LogP contribution in [0, 0.1) is 5.92 Å². The summed E-state index contributed by atoms with van der Waals surface area (Å²) in [5, 5.41) is 8.99. The predicted octanol–water partition coefficient (Wildman–Crippen LogP) is 3.03. The molecule has 0 saturated carbocycles. The Kier molecular flexibility index (Phi) is 8.94. The molecule has 194 valence electrons. The van der Waals surface area contributed by atoms with Crippen molar-refractivity contribution < 1.29 is 27.2 Å². The number of anilines is 2. The van der Waals surface area contributed by atoms with E-state index in [1.807, 2.05) is 13.0 Å². The van der Waals surface area contributed by atoms with E-state index in [0.717, 1.165) is 0 Å². The molecular formula is C25H32N4O6S. The van der Waals surface area contributed by atoms with Crippen molar-refractivity contribution in [3.8, 4) is 28.4 Å². The number of nitrogens with zero attached hydrogens (tertiary/aromatic N) is 2. The van der Waals surface area contributed by atoms with Gasteiger partial charge in [0.1, 0.15) is 23.9 Å². The van der Waals surface area contributed by atoms with E-state index in [4.69, 9.17) is 30.2 Å². The van der Waals surface area contributed by atoms with Gasteiger partial charge in [-0.25, -0.2) is 4.98 Å². The van der Waals surface area contributed by atoms with Crippen LogP contribution in [0.1, 0.15) is 31.9 Å². The largest absolute Gasteiger partial charge is 0.493 e. The van der Waals surface area contributed by atoms with Crippen molar-refractivity contribution in [3.63, 3.8) is 0 Å². The maximum atomic E-state index is 12.8. The summed E-state index contributed by atoms with van der Waals surface area (Å²) in [4.78, 5) is 8.00. The summed E-state index contributed by atoms with van der Waals surface area (Å²) in [6.07, 6.45) is 1.84. The van der Waals surface area contributed by atoms with Crippen molar-refractivity contribution in [3.05, 3.63) is 53.7 Å². The smallest absolute Gasteiger partial charge is 0.309 e. The van der Waals surface area contributed by atoms with E-state index in [1.54, 1.807) is 44.2 Å². The molecule has 0 aliphatic heterocycles. The quantitative estimate of drug-likeness (QED) is 0.305. The van der Waals surface area contributed by atoms with E-state index >= 15 is 0 Å². The maximum absolute atomic E-state index is 12.8. The number of aliphatic hydroxyl groups is 1. The van der Waals surface area contributed by atoms with Gasteiger partial charge in [-0.05, 0) is 48.2 Å². The average molecular weight is 517 g/mol. The fourth-order valence-electron chi connectivity index (χ4n) is 3.62. The molecule has 1 aromatic heterocycles. The topological polar surface area (TPSA) is 160 Å². The summed E-state index contributed by atoms with van der Waals surface area (Å²) >= 11 is 0. The lowest BCUT2D eigenvalue weighted by atomic mass is 9.98. The fourth-order valence-corrected chi connectivity index (χ4v) is 4.91. The van der Waals surface area contributed by atoms with Gasteiger partial charge in [-0.1, -0.05) is 26.0 Å². The molecule has 0 amide bonds. The Balaban J connectivity index is 2.12. The van der Waals surface area contributed by atoms with Crippen LogP contribution in [-0.4, -0.2) is 49.1 Å². The normalized spacial score (nSPS) is 11.5. The van der Waals surface area contributed by atoms with Crippen LogP contribution in [0.15, 0.2) is 42.6 Å². The van der Waals surface area contributed by atoms with Crippen LogP contribution >= 0.6 is 0 Å². The number of hydrogen-bond acceptors (Lipinski definition) is 10. The Labute approximate surface area is 211 Å². The van der Waals surface area contributed by atoms with Crippen LogP contribution in [0.4, 0.5) is 11.8 Å². The molecule has 3 aromatic rings. The molecule has 0 fully saturated rings. The van der Waals surface area contributed by atoms with Gasteiger partial charge in [0.2, 0.25) is 5.95 Å². The molecule has 11 heteroatoms. The molecule has 3 rings (SSSR count). The summed E-state index contributed by atoms with van der Waals surface area (Å²) in [7, 11) is -3.89. The molecule has 0 atom stereocenters. The van der Waals surface area contributed by atoms with Crippen molar-refractivity contribution in [1.29, 1.82) is 0 Å². The third-order valence-electron chi connectivity index (χ3n) is 4.99. The second kappa shape index (κ2) is 11.9. The lowest BCUT2D eigenvalue weighted by molar-refractivity contribution is 0.201. The van der Waals surface area contributed by atoms with Crippen LogP contribution < -0.4 is 25.1 Å². The van der Waals surface area contributed by atoms with Gasteiger partial charge in [-0.3, -0.25) is 0 Å². The molecule has 0 radical (unpaired) electrons. The second-order valence-electron chi connectivity index (χ2n) is 8.51. The average Bonchev–Trinajstić information content (AvgIpc) is 2.79. The van der Waals surface area contributed by atoms with Gasteiger partial charge in [0.25, 0.3) is 0 Å². The second-order valence-corrected chi connectivity index (χ2v) is 10.1. The summed E-state index contributed by atoms with van der Waals surface area (Å²) in [6.45, 7) is 5.85. The van der Waals surface area contributed by atoms with Gasteiger partial charge in [0.05, 0.1) is 24.5 Å². The first-order valence-corrected chi connectivity index (χ1v) is 13.1. The highest BCUT2D eigenvalue weighted by molar-refractivity contribution is 7.87. The van der Waals surface area contributed by atoms with E-state index in [9.17, 15) is 8.42 Å². The van der Waals surface area contributed by atoms with E-state index in [-0.39, 0.29) is 42.4 Å². The molecule has 0 saturated heterocycles. The van der Waals surface area contributed by atoms with E-state index in [1.165, 1.54) is 6.20 Å². The Morgan fingerprint density at radius 1 is 1.06 bits per heavy atom. The Morgan fingerprint density at radius 3 is 2.36 bits per heavy atom. The zero-order valence-electron chi connectivity index (χ0n) is 20.6. The molecule has 0 aliphatic carbocycles. The Bertz CT molecular complexity index is 1280. The maximum Gasteiger partial charge on any atom is 0.309 e. The number of nitrogen functional groups attached to an aromatic ring is 2. The van der Waals surface area contributed by atoms with E-state index in [2.05, 4.69) is 9.97 Å². The van der Waals surface area contributed by atoms with E-state index < -0.39 is 10.1 Å². The highest BCUT2D eigenvalue weighted by Gasteiger charge is 2.23. The number of hydrogen-bond donors (Lipinski definition) is 3. The van der Waals surface area contributed by atoms with Gasteiger partial charge in [-0.15, -0.1) is 0 Å². The van der Waals surface area contributed by atoms with Gasteiger partial charge < -0.3 is 30.2 Å². The first kappa shape index (κ1) is 27.0. The van der Waals surface area contributed by atoms with Gasteiger partial charge in [0.15, 0.2) is 5.75 Å². The molecular weight excluding hydrogens is 484 g/mol. The lowest BCUT2D eigenvalue weighted by Gasteiger charge is -2.19. The van der Waals surface area contributed by atoms with Gasteiger partial charge in [0, 0.05) is 18.2 Å². The van der Waals surface area contributed by atoms with Crippen molar-refractivity contribution in [2.75, 3.05) is 37.0 Å². The first-order chi connectivity index (χ1) is 17.1. The highest BCUT2D eigenvalue weighted by atomic mass is 32.2. The summed E-state index contributed by atoms with van der Waals surface area (Å²) < 4.78 is 42.7. The standard InChI is InChI=1S/C25H32N4O6S/c1-4-33-21-12-17(11-19-14-28-25(27)29-24(19)26)13-22(35-36(31,32)15-16(2)3)23(21)18-5-7-20(8-6-18)34-10-9-30/h5-8,12-14,16,30H,4,9-11,15H2,1-3H3,(H4,26,27,28,29). The van der Waals surface area contributed by atoms with Crippen molar-refractivity contribution >= 4 is 21.9 Å². The van der Waals surface area contributed by atoms with Gasteiger partial charge in [-0.2, -0.15) is 13.4 Å². The monoisotopic (exact) mass is 516 g/mol. The zero-order chi connectivity index (χ0) is 26.3. The van der Waals surface area contributed by atoms with E-state index in [0.29, 0.717) is 46.8 Å². The minimum atomic E-state index is -3.89.